The van der Waals surface area contributed by atoms with Crippen LogP contribution in [0.5, 0.6) is 11.5 Å². The quantitative estimate of drug-likeness (QED) is 0.202. The summed E-state index contributed by atoms with van der Waals surface area (Å²) in [4.78, 5) is 49.5. The first-order valence-corrected chi connectivity index (χ1v) is 13.9. The number of carboxylic acids is 1. The zero-order chi connectivity index (χ0) is 29.9. The lowest BCUT2D eigenvalue weighted by Crippen LogP contribution is -2.43. The molecule has 0 spiro atoms. The Hall–Kier alpha value is -2.94. The van der Waals surface area contributed by atoms with E-state index < -0.39 is 41.9 Å². The molecule has 9 nitrogen and oxygen atoms in total. The van der Waals surface area contributed by atoms with Gasteiger partial charge in [0.15, 0.2) is 11.5 Å². The summed E-state index contributed by atoms with van der Waals surface area (Å²) in [6, 6.07) is 3.24. The Bertz CT molecular complexity index is 974. The largest absolute Gasteiger partial charge is 0.480 e. The highest BCUT2D eigenvalue weighted by Crippen LogP contribution is 2.37. The third kappa shape index (κ3) is 11.4. The summed E-state index contributed by atoms with van der Waals surface area (Å²) >= 11 is 0. The number of rotatable bonds is 16. The molecule has 0 saturated carbocycles. The summed E-state index contributed by atoms with van der Waals surface area (Å²) in [5.74, 6) is -3.50. The standard InChI is InChI=1S/C30H47NO8/c1-9-19(6)30(36)37-21(8)20(7)27(28(31)29(34)35)22-12-13-23(38-25(32)14-10-17(2)3)24(16-22)39-26(33)15-11-18(4)5/h12-13,16-21,27-28H,9-11,14-15,31H2,1-8H3,(H,34,35)/t19?,20?,21?,27?,28-/m0/s1. The molecule has 0 aliphatic rings. The average Bonchev–Trinajstić information content (AvgIpc) is 2.86. The molecule has 0 heterocycles. The van der Waals surface area contributed by atoms with Crippen LogP contribution in [0, 0.1) is 23.7 Å². The van der Waals surface area contributed by atoms with E-state index in [-0.39, 0.29) is 42.1 Å². The molecule has 0 bridgehead atoms. The van der Waals surface area contributed by atoms with Crippen LogP contribution in [0.3, 0.4) is 0 Å². The maximum absolute atomic E-state index is 12.6. The van der Waals surface area contributed by atoms with Crippen molar-refractivity contribution in [1.82, 2.24) is 0 Å². The van der Waals surface area contributed by atoms with E-state index in [2.05, 4.69) is 0 Å². The molecule has 0 radical (unpaired) electrons. The third-order valence-corrected chi connectivity index (χ3v) is 6.95. The number of hydrogen-bond donors (Lipinski definition) is 2. The van der Waals surface area contributed by atoms with Crippen molar-refractivity contribution in [2.45, 2.75) is 106 Å². The molecule has 0 aromatic heterocycles. The molecular formula is C30H47NO8. The molecule has 0 saturated heterocycles. The van der Waals surface area contributed by atoms with Crippen molar-refractivity contribution < 1.29 is 38.5 Å². The zero-order valence-corrected chi connectivity index (χ0v) is 24.7. The highest BCUT2D eigenvalue weighted by atomic mass is 16.6. The van der Waals surface area contributed by atoms with E-state index in [4.69, 9.17) is 19.9 Å². The lowest BCUT2D eigenvalue weighted by Gasteiger charge is -2.32. The van der Waals surface area contributed by atoms with Gasteiger partial charge in [0.1, 0.15) is 12.1 Å². The molecule has 1 aromatic rings. The fourth-order valence-electron chi connectivity index (χ4n) is 3.91. The Morgan fingerprint density at radius 3 is 1.82 bits per heavy atom. The van der Waals surface area contributed by atoms with Gasteiger partial charge < -0.3 is 25.1 Å². The van der Waals surface area contributed by atoms with Gasteiger partial charge in [-0.1, -0.05) is 54.5 Å². The molecule has 220 valence electrons. The molecule has 0 aliphatic carbocycles. The second kappa shape index (κ2) is 16.2. The van der Waals surface area contributed by atoms with Gasteiger partial charge in [0.25, 0.3) is 0 Å². The molecule has 5 atom stereocenters. The highest BCUT2D eigenvalue weighted by Gasteiger charge is 2.36. The van der Waals surface area contributed by atoms with Gasteiger partial charge in [-0.2, -0.15) is 0 Å². The van der Waals surface area contributed by atoms with Gasteiger partial charge in [0.05, 0.1) is 5.92 Å². The van der Waals surface area contributed by atoms with Crippen LogP contribution in [0.2, 0.25) is 0 Å². The van der Waals surface area contributed by atoms with E-state index in [1.807, 2.05) is 34.6 Å². The van der Waals surface area contributed by atoms with Gasteiger partial charge in [-0.15, -0.1) is 0 Å². The van der Waals surface area contributed by atoms with E-state index >= 15 is 0 Å². The monoisotopic (exact) mass is 549 g/mol. The number of esters is 3. The second-order valence-corrected chi connectivity index (χ2v) is 11.2. The van der Waals surface area contributed by atoms with Crippen LogP contribution in [-0.4, -0.2) is 41.1 Å². The van der Waals surface area contributed by atoms with Gasteiger partial charge in [0, 0.05) is 24.7 Å². The maximum Gasteiger partial charge on any atom is 0.321 e. The van der Waals surface area contributed by atoms with E-state index in [9.17, 15) is 24.3 Å². The Morgan fingerprint density at radius 1 is 0.846 bits per heavy atom. The maximum atomic E-state index is 12.6. The third-order valence-electron chi connectivity index (χ3n) is 6.95. The van der Waals surface area contributed by atoms with E-state index in [0.717, 1.165) is 0 Å². The number of aliphatic carboxylic acids is 1. The number of nitrogens with two attached hydrogens (primary N) is 1. The van der Waals surface area contributed by atoms with Gasteiger partial charge in [-0.3, -0.25) is 19.2 Å². The Labute approximate surface area is 232 Å². The van der Waals surface area contributed by atoms with Crippen molar-refractivity contribution >= 4 is 23.9 Å². The molecule has 1 rings (SSSR count). The molecule has 0 aliphatic heterocycles. The summed E-state index contributed by atoms with van der Waals surface area (Å²) in [7, 11) is 0. The minimum Gasteiger partial charge on any atom is -0.480 e. The molecule has 1 aromatic carbocycles. The minimum atomic E-state index is -1.34. The molecule has 39 heavy (non-hydrogen) atoms. The number of carboxylic acid groups (broad SMARTS) is 1. The van der Waals surface area contributed by atoms with E-state index in [0.29, 0.717) is 30.7 Å². The lowest BCUT2D eigenvalue weighted by atomic mass is 9.79. The highest BCUT2D eigenvalue weighted by molar-refractivity contribution is 5.77. The Balaban J connectivity index is 3.42. The molecule has 3 N–H and O–H groups in total. The van der Waals surface area contributed by atoms with Crippen LogP contribution in [-0.2, 0) is 23.9 Å². The smallest absolute Gasteiger partial charge is 0.321 e. The molecular weight excluding hydrogens is 502 g/mol. The Morgan fingerprint density at radius 2 is 1.36 bits per heavy atom. The first-order chi connectivity index (χ1) is 18.2. The zero-order valence-electron chi connectivity index (χ0n) is 24.7. The van der Waals surface area contributed by atoms with Crippen molar-refractivity contribution in [3.63, 3.8) is 0 Å². The lowest BCUT2D eigenvalue weighted by molar-refractivity contribution is -0.155. The summed E-state index contributed by atoms with van der Waals surface area (Å²) in [5, 5.41) is 9.78. The van der Waals surface area contributed by atoms with Crippen LogP contribution in [0.15, 0.2) is 18.2 Å². The first kappa shape index (κ1) is 34.1. The van der Waals surface area contributed by atoms with Crippen molar-refractivity contribution in [1.29, 1.82) is 0 Å². The fourth-order valence-corrected chi connectivity index (χ4v) is 3.91. The number of carbonyl (C=O) groups excluding carboxylic acids is 3. The predicted molar refractivity (Wildman–Crippen MR) is 148 cm³/mol. The number of hydrogen-bond acceptors (Lipinski definition) is 8. The van der Waals surface area contributed by atoms with Gasteiger partial charge >= 0.3 is 23.9 Å². The number of carbonyl (C=O) groups is 4. The van der Waals surface area contributed by atoms with Gasteiger partial charge in [-0.05, 0) is 55.7 Å². The number of ether oxygens (including phenoxy) is 3. The van der Waals surface area contributed by atoms with Crippen LogP contribution in [0.25, 0.3) is 0 Å². The second-order valence-electron chi connectivity index (χ2n) is 11.2. The summed E-state index contributed by atoms with van der Waals surface area (Å²) < 4.78 is 16.8. The van der Waals surface area contributed by atoms with Gasteiger partial charge in [-0.25, -0.2) is 0 Å². The summed E-state index contributed by atoms with van der Waals surface area (Å²) in [6.45, 7) is 15.1. The van der Waals surface area contributed by atoms with Crippen molar-refractivity contribution in [2.24, 2.45) is 29.4 Å². The SMILES string of the molecule is CCC(C)C(=O)OC(C)C(C)C(c1ccc(OC(=O)CCC(C)C)c(OC(=O)CCC(C)C)c1)[C@H](N)C(=O)O. The molecule has 4 unspecified atom stereocenters. The predicted octanol–water partition coefficient (Wildman–Crippen LogP) is 5.48. The van der Waals surface area contributed by atoms with E-state index in [1.54, 1.807) is 26.8 Å². The summed E-state index contributed by atoms with van der Waals surface area (Å²) in [5.41, 5.74) is 6.59. The van der Waals surface area contributed by atoms with Crippen molar-refractivity contribution in [3.8, 4) is 11.5 Å². The Kier molecular flexibility index (Phi) is 14.2. The van der Waals surface area contributed by atoms with E-state index in [1.165, 1.54) is 12.1 Å². The van der Waals surface area contributed by atoms with Crippen LogP contribution >= 0.6 is 0 Å². The van der Waals surface area contributed by atoms with Crippen LogP contribution < -0.4 is 15.2 Å². The normalized spacial score (nSPS) is 15.3. The van der Waals surface area contributed by atoms with Crippen LogP contribution in [0.4, 0.5) is 0 Å². The minimum absolute atomic E-state index is 0.0122. The van der Waals surface area contributed by atoms with Crippen molar-refractivity contribution in [3.05, 3.63) is 23.8 Å². The molecule has 9 heteroatoms. The average molecular weight is 550 g/mol. The topological polar surface area (TPSA) is 142 Å². The first-order valence-electron chi connectivity index (χ1n) is 13.9. The van der Waals surface area contributed by atoms with Gasteiger partial charge in [0.2, 0.25) is 0 Å². The van der Waals surface area contributed by atoms with Crippen molar-refractivity contribution in [2.75, 3.05) is 0 Å². The molecule has 0 amide bonds. The number of benzene rings is 1. The summed E-state index contributed by atoms with van der Waals surface area (Å²) in [6.07, 6.45) is 1.59. The fraction of sp³-hybridized carbons (Fsp3) is 0.667. The molecule has 0 fully saturated rings. The van der Waals surface area contributed by atoms with Crippen LogP contribution in [0.1, 0.15) is 99.0 Å².